The number of thioether (sulfide) groups is 1. The fourth-order valence-corrected chi connectivity index (χ4v) is 3.61. The molecular formula is C16H20N4O3S. The Morgan fingerprint density at radius 2 is 2.00 bits per heavy atom. The zero-order chi connectivity index (χ0) is 17.3. The smallest absolute Gasteiger partial charge is 0.325 e. The van der Waals surface area contributed by atoms with Crippen molar-refractivity contribution in [2.75, 3.05) is 19.4 Å². The van der Waals surface area contributed by atoms with Crippen LogP contribution in [0.5, 0.6) is 0 Å². The third-order valence-electron chi connectivity index (χ3n) is 4.12. The maximum atomic E-state index is 12.4. The third-order valence-corrected chi connectivity index (χ3v) is 5.10. The fraction of sp³-hybridized carbons (Fsp3) is 0.438. The van der Waals surface area contributed by atoms with Crippen molar-refractivity contribution in [2.45, 2.75) is 25.7 Å². The number of rotatable bonds is 4. The summed E-state index contributed by atoms with van der Waals surface area (Å²) in [5.41, 5.74) is 2.23. The first-order valence-electron chi connectivity index (χ1n) is 7.72. The van der Waals surface area contributed by atoms with Gasteiger partial charge in [0.05, 0.1) is 6.61 Å². The van der Waals surface area contributed by atoms with Crippen LogP contribution in [0.3, 0.4) is 0 Å². The van der Waals surface area contributed by atoms with Gasteiger partial charge in [-0.15, -0.1) is 0 Å². The molecule has 8 heteroatoms. The molecule has 2 N–H and O–H groups in total. The number of likely N-dealkylation sites (N-methyl/N-ethyl adjacent to an activating group) is 1. The Labute approximate surface area is 144 Å². The Balaban J connectivity index is 1.88. The van der Waals surface area contributed by atoms with Crippen molar-refractivity contribution in [3.05, 3.63) is 35.4 Å². The fourth-order valence-electron chi connectivity index (χ4n) is 2.81. The summed E-state index contributed by atoms with van der Waals surface area (Å²) < 4.78 is 0. The Morgan fingerprint density at radius 1 is 1.29 bits per heavy atom. The number of fused-ring (bicyclic) bond motifs is 1. The molecule has 0 spiro atoms. The highest BCUT2D eigenvalue weighted by Crippen LogP contribution is 2.29. The Morgan fingerprint density at radius 3 is 2.67 bits per heavy atom. The van der Waals surface area contributed by atoms with Crippen molar-refractivity contribution in [3.8, 4) is 0 Å². The molecule has 1 saturated heterocycles. The summed E-state index contributed by atoms with van der Waals surface area (Å²) >= 11 is 1.39. The maximum Gasteiger partial charge on any atom is 0.325 e. The number of aliphatic hydroxyl groups is 1. The monoisotopic (exact) mass is 348 g/mol. The number of hydrogen-bond donors (Lipinski definition) is 2. The van der Waals surface area contributed by atoms with Gasteiger partial charge in [-0.05, 0) is 12.5 Å². The summed E-state index contributed by atoms with van der Waals surface area (Å²) in [6.07, 6.45) is -0.530. The number of imide groups is 1. The lowest BCUT2D eigenvalue weighted by Gasteiger charge is -2.36. The van der Waals surface area contributed by atoms with Gasteiger partial charge in [0.2, 0.25) is 0 Å². The first-order chi connectivity index (χ1) is 11.5. The van der Waals surface area contributed by atoms with Crippen LogP contribution in [0.2, 0.25) is 0 Å². The summed E-state index contributed by atoms with van der Waals surface area (Å²) in [4.78, 5) is 32.1. The molecule has 0 saturated carbocycles. The normalized spacial score (nSPS) is 23.2. The summed E-state index contributed by atoms with van der Waals surface area (Å²) in [6.45, 7) is 2.57. The molecule has 1 aromatic rings. The van der Waals surface area contributed by atoms with Gasteiger partial charge in [0.1, 0.15) is 0 Å². The minimum absolute atomic E-state index is 0.0261. The van der Waals surface area contributed by atoms with Crippen LogP contribution in [0, 0.1) is 6.92 Å². The molecule has 0 radical (unpaired) electrons. The number of hydrogen-bond acceptors (Lipinski definition) is 6. The van der Waals surface area contributed by atoms with Gasteiger partial charge in [0, 0.05) is 19.3 Å². The molecule has 2 heterocycles. The number of amides is 3. The van der Waals surface area contributed by atoms with Crippen LogP contribution in [0.1, 0.15) is 11.1 Å². The summed E-state index contributed by atoms with van der Waals surface area (Å²) in [7, 11) is 1.63. The molecule has 0 aliphatic carbocycles. The number of nitrogens with one attached hydrogen (secondary N) is 1. The van der Waals surface area contributed by atoms with E-state index in [1.54, 1.807) is 7.05 Å². The number of nitrogens with zero attached hydrogens (tertiary/aromatic N) is 3. The first-order valence-corrected chi connectivity index (χ1v) is 8.71. The first kappa shape index (κ1) is 16.8. The van der Waals surface area contributed by atoms with E-state index in [1.807, 2.05) is 36.1 Å². The lowest BCUT2D eigenvalue weighted by atomic mass is 10.1. The second kappa shape index (κ2) is 6.82. The second-order valence-electron chi connectivity index (χ2n) is 5.86. The van der Waals surface area contributed by atoms with Crippen molar-refractivity contribution in [1.29, 1.82) is 0 Å². The molecule has 3 rings (SSSR count). The molecule has 1 aromatic carbocycles. The van der Waals surface area contributed by atoms with Crippen LogP contribution in [0.4, 0.5) is 4.79 Å². The number of carbonyl (C=O) groups is 2. The molecule has 3 amide bonds. The molecule has 128 valence electrons. The SMILES string of the molecule is Cc1ccc(CN2C(SCCO)=NC3C2C(=O)NC(=O)N3C)cc1. The zero-order valence-corrected chi connectivity index (χ0v) is 14.4. The van der Waals surface area contributed by atoms with Gasteiger partial charge < -0.3 is 14.9 Å². The van der Waals surface area contributed by atoms with Crippen LogP contribution < -0.4 is 5.32 Å². The highest BCUT2D eigenvalue weighted by atomic mass is 32.2. The van der Waals surface area contributed by atoms with Gasteiger partial charge >= 0.3 is 6.03 Å². The molecule has 24 heavy (non-hydrogen) atoms. The topological polar surface area (TPSA) is 85.2 Å². The van der Waals surface area contributed by atoms with Crippen LogP contribution >= 0.6 is 11.8 Å². The van der Waals surface area contributed by atoms with Crippen molar-refractivity contribution in [1.82, 2.24) is 15.1 Å². The minimum Gasteiger partial charge on any atom is -0.396 e. The summed E-state index contributed by atoms with van der Waals surface area (Å²) in [5.74, 6) is 0.153. The molecular weight excluding hydrogens is 328 g/mol. The molecule has 2 aliphatic heterocycles. The van der Waals surface area contributed by atoms with E-state index in [2.05, 4.69) is 10.3 Å². The van der Waals surface area contributed by atoms with E-state index in [4.69, 9.17) is 5.11 Å². The van der Waals surface area contributed by atoms with E-state index in [0.29, 0.717) is 17.5 Å². The Kier molecular flexibility index (Phi) is 4.77. The highest BCUT2D eigenvalue weighted by molar-refractivity contribution is 8.13. The van der Waals surface area contributed by atoms with E-state index < -0.39 is 18.2 Å². The molecule has 2 aliphatic rings. The standard InChI is InChI=1S/C16H20N4O3S/c1-10-3-5-11(6-4-10)9-20-12-13(17-16(20)24-8-7-21)19(2)15(23)18-14(12)22/h3-6,12-13,21H,7-9H2,1-2H3,(H,18,22,23). The van der Waals surface area contributed by atoms with Crippen molar-refractivity contribution < 1.29 is 14.7 Å². The van der Waals surface area contributed by atoms with Gasteiger partial charge in [-0.2, -0.15) is 0 Å². The number of aliphatic imine (C=N–C) groups is 1. The predicted octanol–water partition coefficient (Wildman–Crippen LogP) is 0.768. The third kappa shape index (κ3) is 3.11. The van der Waals surface area contributed by atoms with E-state index in [-0.39, 0.29) is 12.5 Å². The number of amidine groups is 1. The number of benzene rings is 1. The van der Waals surface area contributed by atoms with Crippen LogP contribution in [0.25, 0.3) is 0 Å². The number of urea groups is 1. The molecule has 0 aromatic heterocycles. The van der Waals surface area contributed by atoms with E-state index in [1.165, 1.54) is 22.2 Å². The molecule has 7 nitrogen and oxygen atoms in total. The van der Waals surface area contributed by atoms with Gasteiger partial charge in [-0.1, -0.05) is 41.6 Å². The predicted molar refractivity (Wildman–Crippen MR) is 92.6 cm³/mol. The summed E-state index contributed by atoms with van der Waals surface area (Å²) in [6, 6.07) is 7.11. The highest BCUT2D eigenvalue weighted by Gasteiger charge is 2.48. The maximum absolute atomic E-state index is 12.4. The average Bonchev–Trinajstić information content (AvgIpc) is 2.92. The van der Waals surface area contributed by atoms with Crippen molar-refractivity contribution >= 4 is 28.9 Å². The van der Waals surface area contributed by atoms with E-state index in [0.717, 1.165) is 5.56 Å². The van der Waals surface area contributed by atoms with Gasteiger partial charge in [0.25, 0.3) is 5.91 Å². The largest absolute Gasteiger partial charge is 0.396 e. The molecule has 1 fully saturated rings. The van der Waals surface area contributed by atoms with Gasteiger partial charge in [-0.25, -0.2) is 9.79 Å². The minimum atomic E-state index is -0.546. The van der Waals surface area contributed by atoms with Gasteiger partial charge in [0.15, 0.2) is 17.4 Å². The molecule has 0 bridgehead atoms. The number of carbonyl (C=O) groups excluding carboxylic acids is 2. The van der Waals surface area contributed by atoms with Crippen LogP contribution in [0.15, 0.2) is 29.3 Å². The quantitative estimate of drug-likeness (QED) is 0.839. The van der Waals surface area contributed by atoms with E-state index >= 15 is 0 Å². The lowest BCUT2D eigenvalue weighted by Crippen LogP contribution is -2.63. The summed E-state index contributed by atoms with van der Waals surface area (Å²) in [5, 5.41) is 12.2. The van der Waals surface area contributed by atoms with Crippen molar-refractivity contribution in [2.24, 2.45) is 4.99 Å². The van der Waals surface area contributed by atoms with E-state index in [9.17, 15) is 9.59 Å². The lowest BCUT2D eigenvalue weighted by molar-refractivity contribution is -0.127. The number of aryl methyl sites for hydroxylation is 1. The average molecular weight is 348 g/mol. The Hall–Kier alpha value is -2.06. The van der Waals surface area contributed by atoms with Gasteiger partial charge in [-0.3, -0.25) is 10.1 Å². The molecule has 2 unspecified atom stereocenters. The van der Waals surface area contributed by atoms with Crippen molar-refractivity contribution in [3.63, 3.8) is 0 Å². The van der Waals surface area contributed by atoms with Crippen LogP contribution in [-0.2, 0) is 11.3 Å². The second-order valence-corrected chi connectivity index (χ2v) is 6.92. The Bertz CT molecular complexity index is 676. The zero-order valence-electron chi connectivity index (χ0n) is 13.6. The van der Waals surface area contributed by atoms with Crippen LogP contribution in [-0.4, -0.2) is 63.6 Å². The molecule has 2 atom stereocenters. The number of aliphatic hydroxyl groups excluding tert-OH is 1.